The van der Waals surface area contributed by atoms with Crippen LogP contribution in [0.4, 0.5) is 0 Å². The minimum Gasteiger partial charge on any atom is -0.480 e. The van der Waals surface area contributed by atoms with Gasteiger partial charge < -0.3 is 10.2 Å². The van der Waals surface area contributed by atoms with E-state index in [1.54, 1.807) is 0 Å². The predicted octanol–water partition coefficient (Wildman–Crippen LogP) is 1.33. The molecular formula is C12H23NO3. The summed E-state index contributed by atoms with van der Waals surface area (Å²) in [5, 5.41) is 18.8. The lowest BCUT2D eigenvalue weighted by atomic mass is 9.88. The Balaban J connectivity index is 2.58. The molecule has 0 radical (unpaired) electrons. The fourth-order valence-corrected chi connectivity index (χ4v) is 2.33. The van der Waals surface area contributed by atoms with Crippen molar-refractivity contribution in [1.29, 1.82) is 0 Å². The lowest BCUT2D eigenvalue weighted by Gasteiger charge is -2.37. The zero-order chi connectivity index (χ0) is 12.1. The summed E-state index contributed by atoms with van der Waals surface area (Å²) in [6.45, 7) is 5.32. The zero-order valence-electron chi connectivity index (χ0n) is 10.2. The number of carboxylic acid groups (broad SMARTS) is 1. The standard InChI is InChI=1S/C12H23NO3/c1-3-9-5-6-13(8-10(14)4-2)11(7-9)12(15)16/h9-11,14H,3-8H2,1-2H3,(H,15,16). The van der Waals surface area contributed by atoms with E-state index in [2.05, 4.69) is 6.92 Å². The summed E-state index contributed by atoms with van der Waals surface area (Å²) < 4.78 is 0. The second kappa shape index (κ2) is 6.21. The highest BCUT2D eigenvalue weighted by Crippen LogP contribution is 2.25. The van der Waals surface area contributed by atoms with Gasteiger partial charge in [0.25, 0.3) is 0 Å². The number of aliphatic hydroxyl groups is 1. The summed E-state index contributed by atoms with van der Waals surface area (Å²) >= 11 is 0. The van der Waals surface area contributed by atoms with Crippen LogP contribution in [0.2, 0.25) is 0 Å². The van der Waals surface area contributed by atoms with Crippen molar-refractivity contribution >= 4 is 5.97 Å². The first-order valence-electron chi connectivity index (χ1n) is 6.23. The Morgan fingerprint density at radius 3 is 2.69 bits per heavy atom. The molecule has 0 aromatic carbocycles. The van der Waals surface area contributed by atoms with Crippen LogP contribution < -0.4 is 0 Å². The third-order valence-corrected chi connectivity index (χ3v) is 3.60. The average Bonchev–Trinajstić information content (AvgIpc) is 2.29. The van der Waals surface area contributed by atoms with Crippen LogP contribution in [-0.2, 0) is 4.79 Å². The van der Waals surface area contributed by atoms with E-state index in [4.69, 9.17) is 0 Å². The van der Waals surface area contributed by atoms with Crippen LogP contribution in [-0.4, -0.2) is 46.3 Å². The third-order valence-electron chi connectivity index (χ3n) is 3.60. The Morgan fingerprint density at radius 1 is 1.50 bits per heavy atom. The van der Waals surface area contributed by atoms with E-state index in [9.17, 15) is 15.0 Å². The Bertz CT molecular complexity index is 232. The Morgan fingerprint density at radius 2 is 2.19 bits per heavy atom. The van der Waals surface area contributed by atoms with Crippen LogP contribution in [0.25, 0.3) is 0 Å². The number of nitrogens with zero attached hydrogens (tertiary/aromatic N) is 1. The van der Waals surface area contributed by atoms with E-state index >= 15 is 0 Å². The second-order valence-electron chi connectivity index (χ2n) is 4.71. The van der Waals surface area contributed by atoms with Gasteiger partial charge in [-0.25, -0.2) is 0 Å². The van der Waals surface area contributed by atoms with Crippen LogP contribution >= 0.6 is 0 Å². The first-order valence-corrected chi connectivity index (χ1v) is 6.23. The summed E-state index contributed by atoms with van der Waals surface area (Å²) in [6, 6.07) is -0.403. The van der Waals surface area contributed by atoms with Crippen molar-refractivity contribution in [3.8, 4) is 0 Å². The van der Waals surface area contributed by atoms with E-state index in [0.29, 0.717) is 18.9 Å². The highest BCUT2D eigenvalue weighted by atomic mass is 16.4. The van der Waals surface area contributed by atoms with Gasteiger partial charge in [0.1, 0.15) is 6.04 Å². The molecule has 0 bridgehead atoms. The Kier molecular flexibility index (Phi) is 5.22. The van der Waals surface area contributed by atoms with E-state index in [-0.39, 0.29) is 0 Å². The quantitative estimate of drug-likeness (QED) is 0.746. The van der Waals surface area contributed by atoms with E-state index in [0.717, 1.165) is 25.8 Å². The maximum atomic E-state index is 11.2. The van der Waals surface area contributed by atoms with Gasteiger partial charge in [-0.1, -0.05) is 20.3 Å². The number of carbonyl (C=O) groups is 1. The Hall–Kier alpha value is -0.610. The van der Waals surface area contributed by atoms with Gasteiger partial charge in [-0.2, -0.15) is 0 Å². The normalized spacial score (nSPS) is 28.9. The van der Waals surface area contributed by atoms with Crippen molar-refractivity contribution in [2.24, 2.45) is 5.92 Å². The molecule has 3 atom stereocenters. The molecule has 1 aliphatic heterocycles. The van der Waals surface area contributed by atoms with E-state index in [1.165, 1.54) is 0 Å². The topological polar surface area (TPSA) is 60.8 Å². The molecule has 3 unspecified atom stereocenters. The van der Waals surface area contributed by atoms with Crippen molar-refractivity contribution in [2.45, 2.75) is 51.7 Å². The first kappa shape index (κ1) is 13.5. The average molecular weight is 229 g/mol. The molecule has 4 nitrogen and oxygen atoms in total. The van der Waals surface area contributed by atoms with Gasteiger partial charge in [0.05, 0.1) is 6.10 Å². The SMILES string of the molecule is CCC(O)CN1CCC(CC)CC1C(=O)O. The van der Waals surface area contributed by atoms with Gasteiger partial charge >= 0.3 is 5.97 Å². The van der Waals surface area contributed by atoms with Gasteiger partial charge in [-0.05, 0) is 31.7 Å². The second-order valence-corrected chi connectivity index (χ2v) is 4.71. The van der Waals surface area contributed by atoms with E-state index in [1.807, 2.05) is 11.8 Å². The molecule has 1 aliphatic rings. The molecule has 4 heteroatoms. The molecule has 1 fully saturated rings. The first-order chi connectivity index (χ1) is 7.58. The number of carboxylic acids is 1. The smallest absolute Gasteiger partial charge is 0.320 e. The molecule has 0 aromatic rings. The number of β-amino-alcohol motifs (C(OH)–C–C–N with tert-alkyl or cyclic N) is 1. The number of likely N-dealkylation sites (tertiary alicyclic amines) is 1. The monoisotopic (exact) mass is 229 g/mol. The number of aliphatic carboxylic acids is 1. The van der Waals surface area contributed by atoms with Gasteiger partial charge in [0.15, 0.2) is 0 Å². The minimum atomic E-state index is -0.749. The number of aliphatic hydroxyl groups excluding tert-OH is 1. The molecule has 0 saturated carbocycles. The zero-order valence-corrected chi connectivity index (χ0v) is 10.2. The molecule has 1 saturated heterocycles. The number of hydrogen-bond acceptors (Lipinski definition) is 3. The van der Waals surface area contributed by atoms with Gasteiger partial charge in [0.2, 0.25) is 0 Å². The minimum absolute atomic E-state index is 0.403. The van der Waals surface area contributed by atoms with Crippen LogP contribution in [0.3, 0.4) is 0 Å². The summed E-state index contributed by atoms with van der Waals surface area (Å²) in [7, 11) is 0. The van der Waals surface area contributed by atoms with E-state index < -0.39 is 18.1 Å². The van der Waals surface area contributed by atoms with Crippen molar-refractivity contribution in [3.05, 3.63) is 0 Å². The summed E-state index contributed by atoms with van der Waals surface area (Å²) in [6.07, 6.45) is 3.10. The maximum Gasteiger partial charge on any atom is 0.320 e. The molecule has 0 aliphatic carbocycles. The maximum absolute atomic E-state index is 11.2. The van der Waals surface area contributed by atoms with Crippen LogP contribution in [0.5, 0.6) is 0 Å². The molecule has 0 aromatic heterocycles. The third kappa shape index (κ3) is 3.46. The van der Waals surface area contributed by atoms with Gasteiger partial charge in [-0.3, -0.25) is 9.69 Å². The fraction of sp³-hybridized carbons (Fsp3) is 0.917. The van der Waals surface area contributed by atoms with Crippen LogP contribution in [0.1, 0.15) is 39.5 Å². The van der Waals surface area contributed by atoms with Crippen molar-refractivity contribution in [1.82, 2.24) is 4.90 Å². The molecular weight excluding hydrogens is 206 g/mol. The summed E-state index contributed by atoms with van der Waals surface area (Å²) in [5.74, 6) is -0.224. The largest absolute Gasteiger partial charge is 0.480 e. The summed E-state index contributed by atoms with van der Waals surface area (Å²) in [4.78, 5) is 13.1. The molecule has 0 spiro atoms. The van der Waals surface area contributed by atoms with Crippen molar-refractivity contribution in [2.75, 3.05) is 13.1 Å². The highest BCUT2D eigenvalue weighted by Gasteiger charge is 2.33. The molecule has 1 rings (SSSR count). The Labute approximate surface area is 97.3 Å². The van der Waals surface area contributed by atoms with Crippen molar-refractivity contribution in [3.63, 3.8) is 0 Å². The molecule has 94 valence electrons. The van der Waals surface area contributed by atoms with Crippen LogP contribution in [0.15, 0.2) is 0 Å². The van der Waals surface area contributed by atoms with Gasteiger partial charge in [0, 0.05) is 6.54 Å². The molecule has 1 heterocycles. The fourth-order valence-electron chi connectivity index (χ4n) is 2.33. The number of piperidine rings is 1. The lowest BCUT2D eigenvalue weighted by Crippen LogP contribution is -2.49. The lowest BCUT2D eigenvalue weighted by molar-refractivity contribution is -0.146. The molecule has 2 N–H and O–H groups in total. The van der Waals surface area contributed by atoms with Crippen molar-refractivity contribution < 1.29 is 15.0 Å². The van der Waals surface area contributed by atoms with Gasteiger partial charge in [-0.15, -0.1) is 0 Å². The molecule has 0 amide bonds. The molecule has 16 heavy (non-hydrogen) atoms. The number of rotatable bonds is 5. The summed E-state index contributed by atoms with van der Waals surface area (Å²) in [5.41, 5.74) is 0. The number of hydrogen-bond donors (Lipinski definition) is 2. The van der Waals surface area contributed by atoms with Crippen LogP contribution in [0, 0.1) is 5.92 Å². The predicted molar refractivity (Wildman–Crippen MR) is 62.3 cm³/mol. The highest BCUT2D eigenvalue weighted by molar-refractivity contribution is 5.73.